The third-order valence-electron chi connectivity index (χ3n) is 9.55. The third kappa shape index (κ3) is 4.53. The van der Waals surface area contributed by atoms with Crippen LogP contribution in [0.25, 0.3) is 0 Å². The number of aliphatic hydroxyl groups excluding tert-OH is 1. The highest BCUT2D eigenvalue weighted by Crippen LogP contribution is 2.65. The molecule has 9 atom stereocenters. The topological polar surface area (TPSA) is 108 Å². The predicted molar refractivity (Wildman–Crippen MR) is 145 cm³/mol. The van der Waals surface area contributed by atoms with Crippen molar-refractivity contribution in [2.75, 3.05) is 6.61 Å². The maximum Gasteiger partial charge on any atom is 0.246 e. The van der Waals surface area contributed by atoms with Crippen LogP contribution in [0, 0.1) is 23.7 Å². The molecule has 0 saturated carbocycles. The molecular weight excluding hydrogens is 482 g/mol. The first-order chi connectivity index (χ1) is 18.0. The second-order valence-electron chi connectivity index (χ2n) is 12.0. The first-order valence-corrected chi connectivity index (χ1v) is 14.3. The summed E-state index contributed by atoms with van der Waals surface area (Å²) in [5, 5.41) is 16.6. The van der Waals surface area contributed by atoms with Crippen LogP contribution in [0.3, 0.4) is 0 Å². The summed E-state index contributed by atoms with van der Waals surface area (Å²) < 4.78 is 6.79. The summed E-state index contributed by atoms with van der Waals surface area (Å²) in [5.74, 6) is -2.32. The van der Waals surface area contributed by atoms with Gasteiger partial charge >= 0.3 is 0 Å². The van der Waals surface area contributed by atoms with Gasteiger partial charge in [-0.25, -0.2) is 0 Å². The zero-order valence-electron chi connectivity index (χ0n) is 23.7. The van der Waals surface area contributed by atoms with E-state index >= 15 is 0 Å². The number of nitrogens with zero attached hydrogens (tertiary/aromatic N) is 1. The van der Waals surface area contributed by atoms with Crippen molar-refractivity contribution in [1.29, 1.82) is 0 Å². The molecule has 1 aromatic carbocycles. The van der Waals surface area contributed by atoms with Crippen molar-refractivity contribution in [1.82, 2.24) is 15.5 Å². The molecule has 1 aromatic rings. The van der Waals surface area contributed by atoms with Crippen molar-refractivity contribution in [2.45, 2.75) is 103 Å². The van der Waals surface area contributed by atoms with Crippen molar-refractivity contribution in [3.05, 3.63) is 35.9 Å². The van der Waals surface area contributed by atoms with E-state index in [1.807, 2.05) is 65.0 Å². The van der Waals surface area contributed by atoms with Crippen LogP contribution >= 0.6 is 0 Å². The number of carbonyl (C=O) groups excluding carboxylic acids is 3. The second-order valence-corrected chi connectivity index (χ2v) is 12.0. The quantitative estimate of drug-likeness (QED) is 0.410. The van der Waals surface area contributed by atoms with Gasteiger partial charge in [-0.05, 0) is 44.1 Å². The third-order valence-corrected chi connectivity index (χ3v) is 9.55. The molecule has 4 unspecified atom stereocenters. The van der Waals surface area contributed by atoms with Crippen LogP contribution in [0.5, 0.6) is 0 Å². The smallest absolute Gasteiger partial charge is 0.246 e. The van der Waals surface area contributed by atoms with E-state index in [0.29, 0.717) is 13.0 Å². The molecule has 3 saturated heterocycles. The summed E-state index contributed by atoms with van der Waals surface area (Å²) in [7, 11) is 0. The van der Waals surface area contributed by atoms with Gasteiger partial charge in [0.05, 0.1) is 30.1 Å². The minimum absolute atomic E-state index is 0.0292. The number of aliphatic hydroxyl groups is 1. The Morgan fingerprint density at radius 1 is 1.18 bits per heavy atom. The van der Waals surface area contributed by atoms with E-state index in [-0.39, 0.29) is 42.2 Å². The molecule has 3 fully saturated rings. The number of amides is 3. The van der Waals surface area contributed by atoms with Gasteiger partial charge in [0.25, 0.3) is 0 Å². The van der Waals surface area contributed by atoms with Crippen LogP contribution in [0.4, 0.5) is 0 Å². The number of fused-ring (bicyclic) bond motifs is 1. The van der Waals surface area contributed by atoms with Gasteiger partial charge < -0.3 is 25.4 Å². The van der Waals surface area contributed by atoms with Crippen LogP contribution in [0.2, 0.25) is 0 Å². The summed E-state index contributed by atoms with van der Waals surface area (Å²) in [5.41, 5.74) is -1.01. The molecule has 3 amide bonds. The molecule has 3 heterocycles. The molecule has 8 heteroatoms. The van der Waals surface area contributed by atoms with E-state index in [9.17, 15) is 19.5 Å². The molecule has 3 aliphatic rings. The van der Waals surface area contributed by atoms with E-state index in [1.165, 1.54) is 0 Å². The van der Waals surface area contributed by atoms with Crippen molar-refractivity contribution < 1.29 is 24.2 Å². The fourth-order valence-corrected chi connectivity index (χ4v) is 7.27. The Morgan fingerprint density at radius 3 is 2.47 bits per heavy atom. The lowest BCUT2D eigenvalue weighted by molar-refractivity contribution is -0.152. The van der Waals surface area contributed by atoms with Crippen LogP contribution in [-0.4, -0.2) is 63.7 Å². The standard InChI is InChI=1S/C30H45N3O5/c1-7-12-20(5)32-27(36)25-30-15-19(4)29(6,38-30)23(26(35)31-16-21-13-10-9-11-14-21)24(30)28(37)33(25)22(17-34)18(3)8-2/h9-11,13-14,18-20,22-25,34H,7-8,12,15-17H2,1-6H3,(H,31,35)(H,32,36)/t18-,19?,20?,22-,23-,24-,25?,29+,30?/m0/s1. The Morgan fingerprint density at radius 2 is 1.87 bits per heavy atom. The zero-order chi connectivity index (χ0) is 27.8. The van der Waals surface area contributed by atoms with E-state index in [0.717, 1.165) is 24.8 Å². The number of hydrogen-bond acceptors (Lipinski definition) is 5. The number of hydrogen-bond donors (Lipinski definition) is 3. The van der Waals surface area contributed by atoms with Crippen LogP contribution in [0.1, 0.15) is 72.8 Å². The Balaban J connectivity index is 1.73. The largest absolute Gasteiger partial charge is 0.394 e. The normalized spacial score (nSPS) is 34.1. The first kappa shape index (κ1) is 28.6. The summed E-state index contributed by atoms with van der Waals surface area (Å²) >= 11 is 0. The van der Waals surface area contributed by atoms with Gasteiger partial charge in [-0.15, -0.1) is 0 Å². The first-order valence-electron chi connectivity index (χ1n) is 14.3. The summed E-state index contributed by atoms with van der Waals surface area (Å²) in [4.78, 5) is 43.7. The number of carbonyl (C=O) groups is 3. The summed E-state index contributed by atoms with van der Waals surface area (Å²) in [6.07, 6.45) is 2.99. The van der Waals surface area contributed by atoms with Gasteiger partial charge in [0.1, 0.15) is 11.6 Å². The fourth-order valence-electron chi connectivity index (χ4n) is 7.27. The number of benzene rings is 1. The van der Waals surface area contributed by atoms with Gasteiger partial charge in [-0.1, -0.05) is 70.9 Å². The van der Waals surface area contributed by atoms with Crippen molar-refractivity contribution in [2.24, 2.45) is 23.7 Å². The Kier molecular flexibility index (Phi) is 8.24. The van der Waals surface area contributed by atoms with E-state index in [2.05, 4.69) is 17.6 Å². The minimum Gasteiger partial charge on any atom is -0.394 e. The Labute approximate surface area is 226 Å². The predicted octanol–water partition coefficient (Wildman–Crippen LogP) is 3.03. The van der Waals surface area contributed by atoms with E-state index < -0.39 is 35.1 Å². The van der Waals surface area contributed by atoms with Crippen LogP contribution in [0.15, 0.2) is 30.3 Å². The molecule has 2 bridgehead atoms. The summed E-state index contributed by atoms with van der Waals surface area (Å²) in [6, 6.07) is 8.16. The van der Waals surface area contributed by atoms with Crippen LogP contribution < -0.4 is 10.6 Å². The number of nitrogens with one attached hydrogen (secondary N) is 2. The van der Waals surface area contributed by atoms with E-state index in [4.69, 9.17) is 4.74 Å². The molecule has 4 rings (SSSR count). The second kappa shape index (κ2) is 11.0. The number of likely N-dealkylation sites (tertiary alicyclic amines) is 1. The van der Waals surface area contributed by atoms with Crippen molar-refractivity contribution in [3.8, 4) is 0 Å². The van der Waals surface area contributed by atoms with Crippen molar-refractivity contribution in [3.63, 3.8) is 0 Å². The lowest BCUT2D eigenvalue weighted by atomic mass is 9.62. The maximum absolute atomic E-state index is 14.3. The maximum atomic E-state index is 14.3. The zero-order valence-corrected chi connectivity index (χ0v) is 23.7. The average molecular weight is 528 g/mol. The Hall–Kier alpha value is -2.45. The molecule has 38 heavy (non-hydrogen) atoms. The van der Waals surface area contributed by atoms with Gasteiger partial charge in [0, 0.05) is 12.6 Å². The lowest BCUT2D eigenvalue weighted by Crippen LogP contribution is -2.60. The molecule has 210 valence electrons. The van der Waals surface area contributed by atoms with Crippen LogP contribution in [-0.2, 0) is 25.7 Å². The number of rotatable bonds is 11. The molecule has 0 radical (unpaired) electrons. The minimum atomic E-state index is -1.11. The molecule has 1 spiro atoms. The molecule has 0 aromatic heterocycles. The lowest BCUT2D eigenvalue weighted by Gasteiger charge is -2.39. The molecule has 0 aliphatic carbocycles. The SMILES string of the molecule is CCCC(C)NC(=O)C1N([C@@H](CO)[C@@H](C)CC)C(=O)[C@@H]2[C@@H](C(=O)NCc3ccccc3)[C@]3(C)OC12CC3C. The Bertz CT molecular complexity index is 1030. The van der Waals surface area contributed by atoms with E-state index in [1.54, 1.807) is 4.90 Å². The van der Waals surface area contributed by atoms with Gasteiger partial charge in [0.15, 0.2) is 0 Å². The number of ether oxygens (including phenoxy) is 1. The van der Waals surface area contributed by atoms with Crippen molar-refractivity contribution >= 4 is 17.7 Å². The monoisotopic (exact) mass is 527 g/mol. The molecule has 3 N–H and O–H groups in total. The molecule has 3 aliphatic heterocycles. The highest BCUT2D eigenvalue weighted by atomic mass is 16.5. The molecule has 8 nitrogen and oxygen atoms in total. The highest BCUT2D eigenvalue weighted by molar-refractivity contribution is 5.99. The average Bonchev–Trinajstić information content (AvgIpc) is 3.40. The molecular formula is C30H45N3O5. The van der Waals surface area contributed by atoms with Gasteiger partial charge in [-0.2, -0.15) is 0 Å². The fraction of sp³-hybridized carbons (Fsp3) is 0.700. The van der Waals surface area contributed by atoms with Gasteiger partial charge in [-0.3, -0.25) is 14.4 Å². The van der Waals surface area contributed by atoms with Gasteiger partial charge in [0.2, 0.25) is 17.7 Å². The highest BCUT2D eigenvalue weighted by Gasteiger charge is 2.80. The summed E-state index contributed by atoms with van der Waals surface area (Å²) in [6.45, 7) is 12.1.